The molecule has 1 aromatic rings. The van der Waals surface area contributed by atoms with Crippen molar-refractivity contribution < 1.29 is 9.13 Å². The van der Waals surface area contributed by atoms with Crippen molar-refractivity contribution in [2.45, 2.75) is 13.0 Å². The zero-order valence-corrected chi connectivity index (χ0v) is 6.49. The van der Waals surface area contributed by atoms with E-state index in [-0.39, 0.29) is 0 Å². The van der Waals surface area contributed by atoms with Crippen LogP contribution in [0, 0.1) is 17.3 Å². The van der Waals surface area contributed by atoms with Gasteiger partial charge in [0.2, 0.25) is 5.95 Å². The molecular weight excluding hydrogens is 159 g/mol. The van der Waals surface area contributed by atoms with Crippen molar-refractivity contribution in [3.8, 4) is 11.8 Å². The van der Waals surface area contributed by atoms with Crippen molar-refractivity contribution in [1.82, 2.24) is 4.98 Å². The van der Waals surface area contributed by atoms with Gasteiger partial charge in [0.15, 0.2) is 6.10 Å². The van der Waals surface area contributed by atoms with Crippen LogP contribution >= 0.6 is 0 Å². The monoisotopic (exact) mass is 166 g/mol. The van der Waals surface area contributed by atoms with Crippen LogP contribution < -0.4 is 4.74 Å². The average Bonchev–Trinajstić information content (AvgIpc) is 2.09. The van der Waals surface area contributed by atoms with Crippen molar-refractivity contribution in [3.05, 3.63) is 24.3 Å². The van der Waals surface area contributed by atoms with Gasteiger partial charge in [0.25, 0.3) is 0 Å². The molecule has 1 unspecified atom stereocenters. The van der Waals surface area contributed by atoms with Crippen molar-refractivity contribution in [3.63, 3.8) is 0 Å². The number of hydrogen-bond donors (Lipinski definition) is 0. The second-order valence-electron chi connectivity index (χ2n) is 2.21. The first-order valence-corrected chi connectivity index (χ1v) is 3.40. The van der Waals surface area contributed by atoms with Gasteiger partial charge in [0.05, 0.1) is 6.20 Å². The van der Waals surface area contributed by atoms with E-state index in [1.807, 2.05) is 6.07 Å². The van der Waals surface area contributed by atoms with Gasteiger partial charge in [0, 0.05) is 0 Å². The minimum Gasteiger partial charge on any atom is -0.474 e. The van der Waals surface area contributed by atoms with Gasteiger partial charge in [-0.05, 0) is 19.1 Å². The number of halogens is 1. The molecule has 0 N–H and O–H groups in total. The summed E-state index contributed by atoms with van der Waals surface area (Å²) in [5.41, 5.74) is 0. The number of hydrogen-bond acceptors (Lipinski definition) is 3. The Kier molecular flexibility index (Phi) is 2.59. The highest BCUT2D eigenvalue weighted by atomic mass is 19.1. The van der Waals surface area contributed by atoms with E-state index in [4.69, 9.17) is 10.00 Å². The van der Waals surface area contributed by atoms with Crippen LogP contribution in [-0.2, 0) is 0 Å². The Balaban J connectivity index is 2.66. The highest BCUT2D eigenvalue weighted by Crippen LogP contribution is 2.09. The fourth-order valence-corrected chi connectivity index (χ4v) is 0.662. The molecule has 0 aliphatic carbocycles. The zero-order valence-electron chi connectivity index (χ0n) is 6.49. The summed E-state index contributed by atoms with van der Waals surface area (Å²) < 4.78 is 17.3. The molecule has 12 heavy (non-hydrogen) atoms. The number of nitrogens with zero attached hydrogens (tertiary/aromatic N) is 2. The van der Waals surface area contributed by atoms with E-state index in [1.54, 1.807) is 6.92 Å². The van der Waals surface area contributed by atoms with E-state index in [9.17, 15) is 4.39 Å². The van der Waals surface area contributed by atoms with E-state index in [0.717, 1.165) is 0 Å². The van der Waals surface area contributed by atoms with Crippen molar-refractivity contribution in [2.75, 3.05) is 0 Å². The summed E-state index contributed by atoms with van der Waals surface area (Å²) in [4.78, 5) is 3.37. The Morgan fingerprint density at radius 1 is 1.67 bits per heavy atom. The van der Waals surface area contributed by atoms with Gasteiger partial charge in [-0.2, -0.15) is 9.65 Å². The maximum absolute atomic E-state index is 12.3. The van der Waals surface area contributed by atoms with Crippen LogP contribution in [0.15, 0.2) is 18.3 Å². The van der Waals surface area contributed by atoms with Crippen molar-refractivity contribution in [2.24, 2.45) is 0 Å². The lowest BCUT2D eigenvalue weighted by Gasteiger charge is -2.05. The van der Waals surface area contributed by atoms with Gasteiger partial charge < -0.3 is 4.74 Å². The molecule has 0 fully saturated rings. The molecule has 1 atom stereocenters. The van der Waals surface area contributed by atoms with Crippen LogP contribution in [0.2, 0.25) is 0 Å². The zero-order chi connectivity index (χ0) is 8.97. The minimum atomic E-state index is -0.563. The maximum atomic E-state index is 12.3. The fraction of sp³-hybridized carbons (Fsp3) is 0.250. The molecular formula is C8H7FN2O. The van der Waals surface area contributed by atoms with Gasteiger partial charge in [-0.25, -0.2) is 4.98 Å². The Labute approximate surface area is 69.4 Å². The standard InChI is InChI=1S/C8H7FN2O/c1-6(4-10)12-7-2-3-8(9)11-5-7/h2-3,5-6H,1H3. The first-order valence-electron chi connectivity index (χ1n) is 3.40. The van der Waals surface area contributed by atoms with Crippen LogP contribution in [0.25, 0.3) is 0 Å². The van der Waals surface area contributed by atoms with Crippen molar-refractivity contribution >= 4 is 0 Å². The lowest BCUT2D eigenvalue weighted by Crippen LogP contribution is -2.08. The molecule has 3 nitrogen and oxygen atoms in total. The topological polar surface area (TPSA) is 45.9 Å². The third-order valence-electron chi connectivity index (χ3n) is 1.19. The molecule has 0 aliphatic heterocycles. The SMILES string of the molecule is CC(C#N)Oc1ccc(F)nc1. The van der Waals surface area contributed by atoms with Crippen molar-refractivity contribution in [1.29, 1.82) is 5.26 Å². The van der Waals surface area contributed by atoms with Gasteiger partial charge in [-0.3, -0.25) is 0 Å². The average molecular weight is 166 g/mol. The predicted molar refractivity (Wildman–Crippen MR) is 39.9 cm³/mol. The Bertz CT molecular complexity index is 291. The van der Waals surface area contributed by atoms with E-state index >= 15 is 0 Å². The van der Waals surface area contributed by atoms with E-state index in [2.05, 4.69) is 4.98 Å². The quantitative estimate of drug-likeness (QED) is 0.625. The van der Waals surface area contributed by atoms with Gasteiger partial charge in [-0.15, -0.1) is 0 Å². The molecule has 0 amide bonds. The summed E-state index contributed by atoms with van der Waals surface area (Å²) in [6, 6.07) is 4.49. The maximum Gasteiger partial charge on any atom is 0.213 e. The number of ether oxygens (including phenoxy) is 1. The Morgan fingerprint density at radius 3 is 2.92 bits per heavy atom. The molecule has 62 valence electrons. The Hall–Kier alpha value is -1.63. The summed E-state index contributed by atoms with van der Waals surface area (Å²) in [7, 11) is 0. The molecule has 0 bridgehead atoms. The number of nitriles is 1. The largest absolute Gasteiger partial charge is 0.474 e. The van der Waals surface area contributed by atoms with Gasteiger partial charge >= 0.3 is 0 Å². The van der Waals surface area contributed by atoms with Crippen LogP contribution in [0.1, 0.15) is 6.92 Å². The van der Waals surface area contributed by atoms with Crippen LogP contribution in [0.5, 0.6) is 5.75 Å². The lowest BCUT2D eigenvalue weighted by atomic mass is 10.4. The summed E-state index contributed by atoms with van der Waals surface area (Å²) in [6.07, 6.45) is 0.695. The summed E-state index contributed by atoms with van der Waals surface area (Å²) >= 11 is 0. The Morgan fingerprint density at radius 2 is 2.42 bits per heavy atom. The molecule has 1 rings (SSSR count). The van der Waals surface area contributed by atoms with Crippen LogP contribution in [-0.4, -0.2) is 11.1 Å². The van der Waals surface area contributed by atoms with Gasteiger partial charge in [0.1, 0.15) is 11.8 Å². The predicted octanol–water partition coefficient (Wildman–Crippen LogP) is 1.51. The second-order valence-corrected chi connectivity index (χ2v) is 2.21. The summed E-state index contributed by atoms with van der Waals surface area (Å²) in [5.74, 6) is -0.169. The molecule has 0 aliphatic rings. The van der Waals surface area contributed by atoms with E-state index in [1.165, 1.54) is 18.3 Å². The molecule has 0 saturated heterocycles. The minimum absolute atomic E-state index is 0.394. The number of aromatic nitrogens is 1. The second kappa shape index (κ2) is 3.67. The molecule has 0 saturated carbocycles. The van der Waals surface area contributed by atoms with Crippen LogP contribution in [0.3, 0.4) is 0 Å². The smallest absolute Gasteiger partial charge is 0.213 e. The van der Waals surface area contributed by atoms with Crippen LogP contribution in [0.4, 0.5) is 4.39 Å². The summed E-state index contributed by atoms with van der Waals surface area (Å²) in [5, 5.41) is 8.38. The number of pyridine rings is 1. The highest BCUT2D eigenvalue weighted by molar-refractivity contribution is 5.17. The molecule has 0 radical (unpaired) electrons. The molecule has 0 spiro atoms. The summed E-state index contributed by atoms with van der Waals surface area (Å²) in [6.45, 7) is 1.60. The lowest BCUT2D eigenvalue weighted by molar-refractivity contribution is 0.274. The third-order valence-corrected chi connectivity index (χ3v) is 1.19. The molecule has 4 heteroatoms. The van der Waals surface area contributed by atoms with Gasteiger partial charge in [-0.1, -0.05) is 0 Å². The number of rotatable bonds is 2. The third kappa shape index (κ3) is 2.20. The van der Waals surface area contributed by atoms with E-state index in [0.29, 0.717) is 5.75 Å². The van der Waals surface area contributed by atoms with E-state index < -0.39 is 12.1 Å². The fourth-order valence-electron chi connectivity index (χ4n) is 0.662. The molecule has 0 aromatic carbocycles. The first-order chi connectivity index (χ1) is 5.72. The highest BCUT2D eigenvalue weighted by Gasteiger charge is 2.01. The molecule has 1 aromatic heterocycles. The molecule has 1 heterocycles. The normalized spacial score (nSPS) is 11.8. The first kappa shape index (κ1) is 8.47.